The first kappa shape index (κ1) is 23.4. The Morgan fingerprint density at radius 1 is 1.09 bits per heavy atom. The Labute approximate surface area is 206 Å². The summed E-state index contributed by atoms with van der Waals surface area (Å²) in [4.78, 5) is 15.4. The lowest BCUT2D eigenvalue weighted by atomic mass is 9.80. The molecule has 1 saturated heterocycles. The summed E-state index contributed by atoms with van der Waals surface area (Å²) in [6, 6.07) is 16.1. The highest BCUT2D eigenvalue weighted by molar-refractivity contribution is 5.77. The van der Waals surface area contributed by atoms with Gasteiger partial charge >= 0.3 is 0 Å². The van der Waals surface area contributed by atoms with Gasteiger partial charge in [-0.15, -0.1) is 0 Å². The van der Waals surface area contributed by atoms with Gasteiger partial charge in [-0.1, -0.05) is 35.5 Å². The summed E-state index contributed by atoms with van der Waals surface area (Å²) in [7, 11) is 3.30. The predicted molar refractivity (Wildman–Crippen MR) is 133 cm³/mol. The minimum absolute atomic E-state index is 0.229. The average molecular weight is 476 g/mol. The number of methoxy groups -OCH3 is 2. The van der Waals surface area contributed by atoms with Crippen LogP contribution in [0, 0.1) is 11.8 Å². The smallest absolute Gasteiger partial charge is 0.223 e. The molecule has 2 aliphatic heterocycles. The minimum atomic E-state index is 0.229. The molecule has 35 heavy (non-hydrogen) atoms. The highest BCUT2D eigenvalue weighted by atomic mass is 16.5. The number of ether oxygens (including phenoxy) is 2. The summed E-state index contributed by atoms with van der Waals surface area (Å²) in [5.74, 6) is 3.15. The summed E-state index contributed by atoms with van der Waals surface area (Å²) in [5, 5.41) is 7.83. The van der Waals surface area contributed by atoms with E-state index in [0.29, 0.717) is 30.6 Å². The second kappa shape index (κ2) is 10.5. The molecule has 0 radical (unpaired) electrons. The van der Waals surface area contributed by atoms with Gasteiger partial charge in [-0.3, -0.25) is 4.79 Å². The number of nitrogens with zero attached hydrogens (tertiary/aromatic N) is 2. The van der Waals surface area contributed by atoms with Gasteiger partial charge in [-0.05, 0) is 67.4 Å². The number of hydrogen-bond donors (Lipinski definition) is 1. The standard InChI is InChI=1S/C28H33N3O4/c1-33-26-13-21-9-11-31(18-23(21)14-27(26)34-2)28(32)15-20-8-10-29-17-22(20)12-24-16-25(35-30-24)19-6-4-3-5-7-19/h3-7,13-14,16,20,22,29H,8-12,15,17-18H2,1-2H3. The fourth-order valence-corrected chi connectivity index (χ4v) is 5.35. The Hall–Kier alpha value is -3.32. The topological polar surface area (TPSA) is 76.8 Å². The van der Waals surface area contributed by atoms with Crippen molar-refractivity contribution in [3.05, 3.63) is 65.4 Å². The van der Waals surface area contributed by atoms with Gasteiger partial charge in [0, 0.05) is 31.1 Å². The Morgan fingerprint density at radius 2 is 1.86 bits per heavy atom. The van der Waals surface area contributed by atoms with E-state index < -0.39 is 0 Å². The highest BCUT2D eigenvalue weighted by Gasteiger charge is 2.31. The van der Waals surface area contributed by atoms with Crippen LogP contribution < -0.4 is 14.8 Å². The van der Waals surface area contributed by atoms with E-state index in [9.17, 15) is 4.79 Å². The Balaban J connectivity index is 1.23. The molecule has 7 heteroatoms. The van der Waals surface area contributed by atoms with E-state index in [2.05, 4.69) is 10.5 Å². The molecule has 1 amide bonds. The van der Waals surface area contributed by atoms with E-state index in [1.807, 2.05) is 53.4 Å². The molecule has 3 aromatic rings. The molecule has 0 spiro atoms. The van der Waals surface area contributed by atoms with Gasteiger partial charge in [0.2, 0.25) is 5.91 Å². The maximum absolute atomic E-state index is 13.4. The molecule has 2 aromatic carbocycles. The van der Waals surface area contributed by atoms with Gasteiger partial charge in [0.1, 0.15) is 0 Å². The monoisotopic (exact) mass is 475 g/mol. The Bertz CT molecular complexity index is 1160. The molecule has 2 unspecified atom stereocenters. The first-order chi connectivity index (χ1) is 17.1. The third kappa shape index (κ3) is 5.20. The van der Waals surface area contributed by atoms with Crippen molar-refractivity contribution in [2.24, 2.45) is 11.8 Å². The van der Waals surface area contributed by atoms with Crippen LogP contribution in [0.25, 0.3) is 11.3 Å². The molecule has 0 bridgehead atoms. The number of benzene rings is 2. The zero-order valence-corrected chi connectivity index (χ0v) is 20.5. The van der Waals surface area contributed by atoms with Crippen molar-refractivity contribution in [3.8, 4) is 22.8 Å². The van der Waals surface area contributed by atoms with Crippen LogP contribution in [0.1, 0.15) is 29.7 Å². The van der Waals surface area contributed by atoms with Crippen LogP contribution in [0.2, 0.25) is 0 Å². The third-order valence-corrected chi connectivity index (χ3v) is 7.36. The number of carbonyl (C=O) groups excluding carboxylic acids is 1. The normalized spacial score (nSPS) is 19.8. The lowest BCUT2D eigenvalue weighted by Gasteiger charge is -2.35. The summed E-state index contributed by atoms with van der Waals surface area (Å²) in [6.07, 6.45) is 3.20. The average Bonchev–Trinajstić information content (AvgIpc) is 3.37. The molecule has 3 heterocycles. The van der Waals surface area contributed by atoms with E-state index in [1.54, 1.807) is 14.2 Å². The molecule has 5 rings (SSSR count). The molecular formula is C28H33N3O4. The highest BCUT2D eigenvalue weighted by Crippen LogP contribution is 2.34. The fourth-order valence-electron chi connectivity index (χ4n) is 5.35. The number of aromatic nitrogens is 1. The number of piperidine rings is 1. The van der Waals surface area contributed by atoms with Crippen molar-refractivity contribution in [1.29, 1.82) is 0 Å². The zero-order chi connectivity index (χ0) is 24.2. The third-order valence-electron chi connectivity index (χ3n) is 7.36. The molecule has 0 saturated carbocycles. The van der Waals surface area contributed by atoms with E-state index in [0.717, 1.165) is 67.2 Å². The molecule has 1 aromatic heterocycles. The number of hydrogen-bond acceptors (Lipinski definition) is 6. The fraction of sp³-hybridized carbons (Fsp3) is 0.429. The molecular weight excluding hydrogens is 442 g/mol. The summed E-state index contributed by atoms with van der Waals surface area (Å²) >= 11 is 0. The van der Waals surface area contributed by atoms with E-state index in [1.165, 1.54) is 5.56 Å². The maximum Gasteiger partial charge on any atom is 0.223 e. The number of nitrogens with one attached hydrogen (secondary N) is 1. The van der Waals surface area contributed by atoms with Crippen molar-refractivity contribution in [1.82, 2.24) is 15.4 Å². The van der Waals surface area contributed by atoms with E-state index >= 15 is 0 Å². The van der Waals surface area contributed by atoms with Gasteiger partial charge in [-0.25, -0.2) is 0 Å². The summed E-state index contributed by atoms with van der Waals surface area (Å²) in [6.45, 7) is 3.20. The minimum Gasteiger partial charge on any atom is -0.493 e. The van der Waals surface area contributed by atoms with Gasteiger partial charge < -0.3 is 24.2 Å². The van der Waals surface area contributed by atoms with Gasteiger partial charge in [-0.2, -0.15) is 0 Å². The van der Waals surface area contributed by atoms with Crippen molar-refractivity contribution in [3.63, 3.8) is 0 Å². The SMILES string of the molecule is COc1cc2c(cc1OC)CN(C(=O)CC1CCNCC1Cc1cc(-c3ccccc3)on1)CC2. The Morgan fingerprint density at radius 3 is 2.63 bits per heavy atom. The van der Waals surface area contributed by atoms with Crippen molar-refractivity contribution in [2.45, 2.75) is 32.2 Å². The molecule has 0 aliphatic carbocycles. The van der Waals surface area contributed by atoms with Crippen LogP contribution in [-0.4, -0.2) is 49.8 Å². The number of rotatable bonds is 7. The van der Waals surface area contributed by atoms with Crippen LogP contribution in [0.15, 0.2) is 53.1 Å². The van der Waals surface area contributed by atoms with E-state index in [4.69, 9.17) is 14.0 Å². The number of amides is 1. The number of carbonyl (C=O) groups is 1. The first-order valence-corrected chi connectivity index (χ1v) is 12.4. The van der Waals surface area contributed by atoms with Crippen LogP contribution in [-0.2, 0) is 24.2 Å². The van der Waals surface area contributed by atoms with Gasteiger partial charge in [0.05, 0.1) is 19.9 Å². The predicted octanol–water partition coefficient (Wildman–Crippen LogP) is 4.10. The van der Waals surface area contributed by atoms with Crippen LogP contribution in [0.5, 0.6) is 11.5 Å². The molecule has 2 atom stereocenters. The van der Waals surface area contributed by atoms with Crippen molar-refractivity contribution in [2.75, 3.05) is 33.9 Å². The number of fused-ring (bicyclic) bond motifs is 1. The summed E-state index contributed by atoms with van der Waals surface area (Å²) < 4.78 is 16.5. The largest absolute Gasteiger partial charge is 0.493 e. The maximum atomic E-state index is 13.4. The molecule has 184 valence electrons. The molecule has 1 N–H and O–H groups in total. The van der Waals surface area contributed by atoms with Gasteiger partial charge in [0.25, 0.3) is 0 Å². The second-order valence-electron chi connectivity index (χ2n) is 9.51. The van der Waals surface area contributed by atoms with Crippen molar-refractivity contribution < 1.29 is 18.8 Å². The second-order valence-corrected chi connectivity index (χ2v) is 9.51. The lowest BCUT2D eigenvalue weighted by Crippen LogP contribution is -2.42. The molecule has 1 fully saturated rings. The van der Waals surface area contributed by atoms with Gasteiger partial charge in [0.15, 0.2) is 17.3 Å². The quantitative estimate of drug-likeness (QED) is 0.554. The van der Waals surface area contributed by atoms with Crippen molar-refractivity contribution >= 4 is 5.91 Å². The van der Waals surface area contributed by atoms with Crippen LogP contribution in [0.3, 0.4) is 0 Å². The molecule has 2 aliphatic rings. The van der Waals surface area contributed by atoms with Crippen LogP contribution in [0.4, 0.5) is 0 Å². The molecule has 7 nitrogen and oxygen atoms in total. The first-order valence-electron chi connectivity index (χ1n) is 12.4. The zero-order valence-electron chi connectivity index (χ0n) is 20.5. The van der Waals surface area contributed by atoms with E-state index in [-0.39, 0.29) is 5.91 Å². The lowest BCUT2D eigenvalue weighted by molar-refractivity contribution is -0.133. The summed E-state index contributed by atoms with van der Waals surface area (Å²) in [5.41, 5.74) is 4.34. The van der Waals surface area contributed by atoms with Crippen LogP contribution >= 0.6 is 0 Å². The Kier molecular flexibility index (Phi) is 7.04.